The maximum Gasteiger partial charge on any atom is 0.261 e. The van der Waals surface area contributed by atoms with Crippen molar-refractivity contribution in [3.05, 3.63) is 40.8 Å². The second kappa shape index (κ2) is 11.9. The Morgan fingerprint density at radius 3 is 2.71 bits per heavy atom. The third-order valence-electron chi connectivity index (χ3n) is 7.81. The first-order valence-corrected chi connectivity index (χ1v) is 14.2. The number of aromatic nitrogens is 2. The quantitative estimate of drug-likeness (QED) is 0.373. The molecule has 0 bridgehead atoms. The van der Waals surface area contributed by atoms with E-state index in [1.54, 1.807) is 13.2 Å². The standard InChI is InChI=1S/C28H36FN5O3S/c1-17-24-26(33-22-11-6-18(29)15-23(22)37-21-9-7-20(36-3)8-10-21)31-16-32-28(24)38-25(17)27(35)30-13-12-19-5-4-14-34(19)2/h6,11,15-16,19-21H,4-5,7-10,12-14H2,1-3H3,(H,30,35)(H,31,32,33)/t19?,20-,21-. The molecule has 3 heterocycles. The smallest absolute Gasteiger partial charge is 0.261 e. The van der Waals surface area contributed by atoms with Crippen molar-refractivity contribution >= 4 is 39.0 Å². The molecule has 1 saturated carbocycles. The molecule has 10 heteroatoms. The number of likely N-dealkylation sites (tertiary alicyclic amines) is 1. The minimum Gasteiger partial charge on any atom is -0.488 e. The van der Waals surface area contributed by atoms with Gasteiger partial charge >= 0.3 is 0 Å². The number of anilines is 2. The summed E-state index contributed by atoms with van der Waals surface area (Å²) < 4.78 is 25.9. The lowest BCUT2D eigenvalue weighted by atomic mass is 9.95. The first-order chi connectivity index (χ1) is 18.4. The summed E-state index contributed by atoms with van der Waals surface area (Å²) in [6.45, 7) is 3.68. The highest BCUT2D eigenvalue weighted by Crippen LogP contribution is 2.37. The van der Waals surface area contributed by atoms with Crippen molar-refractivity contribution in [2.24, 2.45) is 0 Å². The number of carbonyl (C=O) groups excluding carboxylic acids is 1. The van der Waals surface area contributed by atoms with Crippen LogP contribution in [-0.4, -0.2) is 66.3 Å². The van der Waals surface area contributed by atoms with Gasteiger partial charge in [-0.3, -0.25) is 4.79 Å². The lowest BCUT2D eigenvalue weighted by Gasteiger charge is -2.28. The summed E-state index contributed by atoms with van der Waals surface area (Å²) in [5, 5.41) is 7.21. The zero-order valence-corrected chi connectivity index (χ0v) is 23.1. The summed E-state index contributed by atoms with van der Waals surface area (Å²) in [6.07, 6.45) is 8.62. The SMILES string of the molecule is CO[C@H]1CC[C@H](Oc2cc(F)ccc2Nc2ncnc3sc(C(=O)NCCC4CCCN4C)c(C)c23)CC1. The molecular weight excluding hydrogens is 505 g/mol. The topological polar surface area (TPSA) is 88.6 Å². The number of carbonyl (C=O) groups is 1. The monoisotopic (exact) mass is 541 g/mol. The molecule has 0 spiro atoms. The molecule has 38 heavy (non-hydrogen) atoms. The number of hydrogen-bond donors (Lipinski definition) is 2. The molecule has 2 fully saturated rings. The number of methoxy groups -OCH3 is 1. The van der Waals surface area contributed by atoms with Crippen LogP contribution in [0.15, 0.2) is 24.5 Å². The molecule has 1 saturated heterocycles. The molecule has 1 unspecified atom stereocenters. The number of ether oxygens (including phenoxy) is 2. The van der Waals surface area contributed by atoms with Crippen molar-refractivity contribution in [3.63, 3.8) is 0 Å². The van der Waals surface area contributed by atoms with E-state index in [1.165, 1.54) is 42.6 Å². The molecule has 5 rings (SSSR count). The summed E-state index contributed by atoms with van der Waals surface area (Å²) in [5.74, 6) is 0.559. The Kier molecular flexibility index (Phi) is 8.40. The van der Waals surface area contributed by atoms with Crippen LogP contribution < -0.4 is 15.4 Å². The number of fused-ring (bicyclic) bond motifs is 1. The van der Waals surface area contributed by atoms with E-state index >= 15 is 0 Å². The van der Waals surface area contributed by atoms with E-state index in [4.69, 9.17) is 9.47 Å². The Hall–Kier alpha value is -2.82. The van der Waals surface area contributed by atoms with Crippen LogP contribution in [0, 0.1) is 12.7 Å². The van der Waals surface area contributed by atoms with Crippen LogP contribution in [0.2, 0.25) is 0 Å². The maximum absolute atomic E-state index is 14.2. The summed E-state index contributed by atoms with van der Waals surface area (Å²) in [7, 11) is 3.88. The predicted molar refractivity (Wildman–Crippen MR) is 148 cm³/mol. The van der Waals surface area contributed by atoms with E-state index in [0.717, 1.165) is 54.4 Å². The van der Waals surface area contributed by atoms with E-state index in [2.05, 4.69) is 32.5 Å². The number of nitrogens with zero attached hydrogens (tertiary/aromatic N) is 3. The van der Waals surface area contributed by atoms with Gasteiger partial charge in [0.25, 0.3) is 5.91 Å². The first kappa shape index (κ1) is 26.8. The van der Waals surface area contributed by atoms with E-state index in [9.17, 15) is 9.18 Å². The van der Waals surface area contributed by atoms with Gasteiger partial charge in [-0.25, -0.2) is 14.4 Å². The third kappa shape index (κ3) is 5.92. The third-order valence-corrected chi connectivity index (χ3v) is 9.01. The zero-order chi connectivity index (χ0) is 26.6. The molecule has 2 aliphatic rings. The summed E-state index contributed by atoms with van der Waals surface area (Å²) in [5.41, 5.74) is 1.45. The van der Waals surface area contributed by atoms with Crippen molar-refractivity contribution in [2.75, 3.05) is 32.6 Å². The minimum atomic E-state index is -0.363. The summed E-state index contributed by atoms with van der Waals surface area (Å²) in [4.78, 5) is 25.7. The molecule has 1 aliphatic heterocycles. The highest BCUT2D eigenvalue weighted by Gasteiger charge is 2.25. The van der Waals surface area contributed by atoms with E-state index < -0.39 is 0 Å². The van der Waals surface area contributed by atoms with Gasteiger partial charge < -0.3 is 25.0 Å². The minimum absolute atomic E-state index is 0.00336. The Labute approximate surface area is 226 Å². The Morgan fingerprint density at radius 1 is 1.18 bits per heavy atom. The van der Waals surface area contributed by atoms with Crippen LogP contribution >= 0.6 is 11.3 Å². The van der Waals surface area contributed by atoms with Gasteiger partial charge in [0.2, 0.25) is 0 Å². The van der Waals surface area contributed by atoms with Crippen molar-refractivity contribution < 1.29 is 18.7 Å². The van der Waals surface area contributed by atoms with Gasteiger partial charge in [0.15, 0.2) is 0 Å². The van der Waals surface area contributed by atoms with Crippen LogP contribution in [0.25, 0.3) is 10.2 Å². The summed E-state index contributed by atoms with van der Waals surface area (Å²) in [6, 6.07) is 5.00. The molecule has 2 aromatic heterocycles. The zero-order valence-electron chi connectivity index (χ0n) is 22.3. The van der Waals surface area contributed by atoms with Gasteiger partial charge in [0.05, 0.1) is 28.2 Å². The second-order valence-electron chi connectivity index (χ2n) is 10.3. The normalized spacial score (nSPS) is 22.1. The van der Waals surface area contributed by atoms with Gasteiger partial charge in [-0.2, -0.15) is 0 Å². The average Bonchev–Trinajstić information content (AvgIpc) is 3.49. The molecule has 3 aromatic rings. The number of thiophene rings is 1. The number of halogens is 1. The molecule has 2 N–H and O–H groups in total. The molecule has 1 aliphatic carbocycles. The van der Waals surface area contributed by atoms with Crippen LogP contribution in [0.4, 0.5) is 15.9 Å². The second-order valence-corrected chi connectivity index (χ2v) is 11.3. The Morgan fingerprint density at radius 2 is 1.97 bits per heavy atom. The van der Waals surface area contributed by atoms with E-state index in [-0.39, 0.29) is 23.9 Å². The maximum atomic E-state index is 14.2. The fourth-order valence-electron chi connectivity index (χ4n) is 5.55. The molecular formula is C28H36FN5O3S. The van der Waals surface area contributed by atoms with Crippen molar-refractivity contribution in [1.82, 2.24) is 20.2 Å². The van der Waals surface area contributed by atoms with E-state index in [0.29, 0.717) is 34.7 Å². The lowest BCUT2D eigenvalue weighted by Crippen LogP contribution is -2.31. The van der Waals surface area contributed by atoms with Gasteiger partial charge in [-0.05, 0) is 83.2 Å². The Balaban J connectivity index is 1.32. The first-order valence-electron chi connectivity index (χ1n) is 13.4. The van der Waals surface area contributed by atoms with Crippen LogP contribution in [0.3, 0.4) is 0 Å². The van der Waals surface area contributed by atoms with Crippen molar-refractivity contribution in [2.45, 2.75) is 70.1 Å². The fourth-order valence-corrected chi connectivity index (χ4v) is 6.61. The molecule has 1 amide bonds. The van der Waals surface area contributed by atoms with E-state index in [1.807, 2.05) is 6.92 Å². The van der Waals surface area contributed by atoms with Gasteiger partial charge in [-0.15, -0.1) is 11.3 Å². The van der Waals surface area contributed by atoms with Crippen LogP contribution in [-0.2, 0) is 4.74 Å². The largest absolute Gasteiger partial charge is 0.488 e. The number of aryl methyl sites for hydroxylation is 1. The van der Waals surface area contributed by atoms with Gasteiger partial charge in [0, 0.05) is 25.8 Å². The van der Waals surface area contributed by atoms with Crippen molar-refractivity contribution in [3.8, 4) is 5.75 Å². The highest BCUT2D eigenvalue weighted by molar-refractivity contribution is 7.20. The number of benzene rings is 1. The number of hydrogen-bond acceptors (Lipinski definition) is 8. The molecule has 204 valence electrons. The molecule has 1 aromatic carbocycles. The Bertz CT molecular complexity index is 1280. The highest BCUT2D eigenvalue weighted by atomic mass is 32.1. The van der Waals surface area contributed by atoms with Gasteiger partial charge in [0.1, 0.15) is 28.5 Å². The predicted octanol–water partition coefficient (Wildman–Crippen LogP) is 5.43. The molecule has 1 atom stereocenters. The summed E-state index contributed by atoms with van der Waals surface area (Å²) >= 11 is 1.36. The average molecular weight is 542 g/mol. The molecule has 8 nitrogen and oxygen atoms in total. The van der Waals surface area contributed by atoms with Crippen LogP contribution in [0.1, 0.15) is 60.2 Å². The van der Waals surface area contributed by atoms with Crippen molar-refractivity contribution in [1.29, 1.82) is 0 Å². The number of amides is 1. The fraction of sp³-hybridized carbons (Fsp3) is 0.536. The van der Waals surface area contributed by atoms with Gasteiger partial charge in [-0.1, -0.05) is 0 Å². The van der Waals surface area contributed by atoms with Crippen LogP contribution in [0.5, 0.6) is 5.75 Å². The number of nitrogens with one attached hydrogen (secondary N) is 2. The molecule has 0 radical (unpaired) electrons. The number of rotatable bonds is 9. The lowest BCUT2D eigenvalue weighted by molar-refractivity contribution is 0.0329.